The van der Waals surface area contributed by atoms with E-state index in [1.54, 1.807) is 6.92 Å². The normalized spacial score (nSPS) is 15.1. The number of carboxylic acids is 1. The van der Waals surface area contributed by atoms with Crippen molar-refractivity contribution in [2.75, 3.05) is 39.6 Å². The summed E-state index contributed by atoms with van der Waals surface area (Å²) in [7, 11) is -4.33. The first kappa shape index (κ1) is 26.0. The molecule has 0 bridgehead atoms. The van der Waals surface area contributed by atoms with Crippen LogP contribution >= 0.6 is 7.60 Å². The number of ether oxygens (including phenoxy) is 2. The number of carbonyl (C=O) groups excluding carboxylic acids is 1. The molecular weight excluding hydrogens is 383 g/mol. The van der Waals surface area contributed by atoms with Crippen LogP contribution in [0.5, 0.6) is 0 Å². The minimum Gasteiger partial charge on any atom is -0.480 e. The zero-order chi connectivity index (χ0) is 20.9. The summed E-state index contributed by atoms with van der Waals surface area (Å²) in [5.74, 6) is -2.43. The average molecular weight is 414 g/mol. The zero-order valence-electron chi connectivity index (χ0n) is 16.1. The quantitative estimate of drug-likeness (QED) is 0.248. The summed E-state index contributed by atoms with van der Waals surface area (Å²) in [5.41, 5.74) is 0. The third-order valence-corrected chi connectivity index (χ3v) is 6.50. The lowest BCUT2D eigenvalue weighted by molar-refractivity contribution is -0.152. The lowest BCUT2D eigenvalue weighted by Gasteiger charge is -2.36. The molecule has 27 heavy (non-hydrogen) atoms. The van der Waals surface area contributed by atoms with Crippen LogP contribution in [0.4, 0.5) is 0 Å². The van der Waals surface area contributed by atoms with Crippen LogP contribution < -0.4 is 0 Å². The van der Waals surface area contributed by atoms with E-state index in [1.807, 2.05) is 0 Å². The topological polar surface area (TPSA) is 149 Å². The summed E-state index contributed by atoms with van der Waals surface area (Å²) in [6.07, 6.45) is -2.07. The van der Waals surface area contributed by atoms with Crippen LogP contribution in [-0.2, 0) is 32.7 Å². The van der Waals surface area contributed by atoms with E-state index < -0.39 is 43.6 Å². The summed E-state index contributed by atoms with van der Waals surface area (Å²) < 4.78 is 34.1. The minimum atomic E-state index is -4.33. The Bertz CT molecular complexity index is 488. The molecule has 0 aromatic rings. The average Bonchev–Trinajstić information content (AvgIpc) is 2.59. The van der Waals surface area contributed by atoms with E-state index in [0.29, 0.717) is 0 Å². The summed E-state index contributed by atoms with van der Waals surface area (Å²) in [5, 5.41) is 25.9. The van der Waals surface area contributed by atoms with Crippen LogP contribution in [-0.4, -0.2) is 78.2 Å². The van der Waals surface area contributed by atoms with Crippen LogP contribution in [0.1, 0.15) is 40.0 Å². The maximum Gasteiger partial charge on any atom is 0.348 e. The summed E-state index contributed by atoms with van der Waals surface area (Å²) in [6, 6.07) is 0. The van der Waals surface area contributed by atoms with Crippen molar-refractivity contribution < 1.29 is 48.0 Å². The SMILES string of the molecule is CCOC(=O)CC(CC(CCO)OCCO)(C(=O)O)P(=O)(OCC)OCC. The molecule has 0 fully saturated rings. The van der Waals surface area contributed by atoms with Crippen LogP contribution in [0.3, 0.4) is 0 Å². The van der Waals surface area contributed by atoms with Gasteiger partial charge in [0.2, 0.25) is 0 Å². The van der Waals surface area contributed by atoms with Gasteiger partial charge in [0.25, 0.3) is 0 Å². The highest BCUT2D eigenvalue weighted by Gasteiger charge is 2.59. The molecule has 0 aromatic heterocycles. The fraction of sp³-hybridized carbons (Fsp3) is 0.875. The predicted molar refractivity (Wildman–Crippen MR) is 95.6 cm³/mol. The van der Waals surface area contributed by atoms with Gasteiger partial charge in [0.1, 0.15) is 0 Å². The number of hydrogen-bond acceptors (Lipinski definition) is 9. The van der Waals surface area contributed by atoms with Gasteiger partial charge in [-0.15, -0.1) is 0 Å². The Morgan fingerprint density at radius 1 is 1.04 bits per heavy atom. The smallest absolute Gasteiger partial charge is 0.348 e. The second-order valence-corrected chi connectivity index (χ2v) is 7.95. The molecule has 11 heteroatoms. The van der Waals surface area contributed by atoms with Gasteiger partial charge in [-0.25, -0.2) is 0 Å². The molecule has 0 saturated heterocycles. The van der Waals surface area contributed by atoms with E-state index in [9.17, 15) is 24.4 Å². The van der Waals surface area contributed by atoms with Gasteiger partial charge in [-0.2, -0.15) is 0 Å². The number of aliphatic hydroxyl groups is 2. The largest absolute Gasteiger partial charge is 0.480 e. The molecule has 0 aliphatic heterocycles. The van der Waals surface area contributed by atoms with E-state index in [0.717, 1.165) is 0 Å². The zero-order valence-corrected chi connectivity index (χ0v) is 17.0. The number of aliphatic hydroxyl groups excluding tert-OH is 2. The van der Waals surface area contributed by atoms with Gasteiger partial charge in [0.15, 0.2) is 5.16 Å². The lowest BCUT2D eigenvalue weighted by atomic mass is 9.95. The highest BCUT2D eigenvalue weighted by atomic mass is 31.2. The number of rotatable bonds is 16. The van der Waals surface area contributed by atoms with Crippen molar-refractivity contribution in [3.63, 3.8) is 0 Å². The van der Waals surface area contributed by atoms with E-state index >= 15 is 0 Å². The molecule has 2 unspecified atom stereocenters. The van der Waals surface area contributed by atoms with Gasteiger partial charge < -0.3 is 33.8 Å². The van der Waals surface area contributed by atoms with E-state index in [1.165, 1.54) is 13.8 Å². The van der Waals surface area contributed by atoms with Crippen molar-refractivity contribution in [3.05, 3.63) is 0 Å². The molecule has 0 aliphatic carbocycles. The number of esters is 1. The highest BCUT2D eigenvalue weighted by molar-refractivity contribution is 7.56. The molecule has 0 aliphatic rings. The van der Waals surface area contributed by atoms with Crippen LogP contribution in [0.2, 0.25) is 0 Å². The van der Waals surface area contributed by atoms with E-state index in [4.69, 9.17) is 23.6 Å². The molecule has 0 rings (SSSR count). The van der Waals surface area contributed by atoms with Gasteiger partial charge in [-0.05, 0) is 27.2 Å². The Hall–Kier alpha value is -1.03. The van der Waals surface area contributed by atoms with Crippen LogP contribution in [0.25, 0.3) is 0 Å². The Balaban J connectivity index is 6.14. The van der Waals surface area contributed by atoms with Crippen molar-refractivity contribution in [2.24, 2.45) is 0 Å². The van der Waals surface area contributed by atoms with Gasteiger partial charge in [-0.3, -0.25) is 14.2 Å². The van der Waals surface area contributed by atoms with Gasteiger partial charge in [0, 0.05) is 13.0 Å². The van der Waals surface area contributed by atoms with Crippen molar-refractivity contribution in [2.45, 2.75) is 51.3 Å². The third-order valence-electron chi connectivity index (χ3n) is 3.72. The van der Waals surface area contributed by atoms with E-state index in [-0.39, 0.29) is 46.1 Å². The van der Waals surface area contributed by atoms with Gasteiger partial charge in [0.05, 0.1) is 45.6 Å². The molecule has 0 saturated carbocycles. The molecule has 0 aromatic carbocycles. The third kappa shape index (κ3) is 7.48. The van der Waals surface area contributed by atoms with E-state index in [2.05, 4.69) is 0 Å². The molecule has 10 nitrogen and oxygen atoms in total. The summed E-state index contributed by atoms with van der Waals surface area (Å²) in [4.78, 5) is 24.4. The molecule has 0 spiro atoms. The fourth-order valence-corrected chi connectivity index (χ4v) is 4.85. The first-order chi connectivity index (χ1) is 12.8. The predicted octanol–water partition coefficient (Wildman–Crippen LogP) is 1.18. The second kappa shape index (κ2) is 13.2. The Kier molecular flexibility index (Phi) is 12.7. The fourth-order valence-electron chi connectivity index (χ4n) is 2.62. The van der Waals surface area contributed by atoms with Crippen LogP contribution in [0.15, 0.2) is 0 Å². The number of aliphatic carboxylic acids is 1. The molecule has 160 valence electrons. The maximum absolute atomic E-state index is 13.4. The Labute approximate surface area is 159 Å². The first-order valence-corrected chi connectivity index (χ1v) is 10.4. The number of hydrogen-bond donors (Lipinski definition) is 3. The molecule has 0 amide bonds. The number of carbonyl (C=O) groups is 2. The molecule has 0 radical (unpaired) electrons. The highest BCUT2D eigenvalue weighted by Crippen LogP contribution is 2.63. The number of carboxylic acid groups (broad SMARTS) is 1. The van der Waals surface area contributed by atoms with Crippen molar-refractivity contribution in [1.29, 1.82) is 0 Å². The maximum atomic E-state index is 13.4. The lowest BCUT2D eigenvalue weighted by Crippen LogP contribution is -2.46. The van der Waals surface area contributed by atoms with Crippen molar-refractivity contribution in [3.8, 4) is 0 Å². The minimum absolute atomic E-state index is 0.0100. The monoisotopic (exact) mass is 414 g/mol. The Morgan fingerprint density at radius 2 is 1.63 bits per heavy atom. The standard InChI is InChI=1S/C16H31O10P/c1-4-23-14(19)12-16(15(20)21,27(22,25-5-2)26-6-3)11-13(7-8-17)24-10-9-18/h13,17-18H,4-12H2,1-3H3,(H,20,21). The molecule has 3 N–H and O–H groups in total. The van der Waals surface area contributed by atoms with Gasteiger partial charge >= 0.3 is 19.5 Å². The molecule has 2 atom stereocenters. The second-order valence-electron chi connectivity index (χ2n) is 5.58. The van der Waals surface area contributed by atoms with Gasteiger partial charge in [-0.1, -0.05) is 0 Å². The van der Waals surface area contributed by atoms with Crippen molar-refractivity contribution in [1.82, 2.24) is 0 Å². The first-order valence-electron chi connectivity index (χ1n) is 8.88. The van der Waals surface area contributed by atoms with Crippen LogP contribution in [0, 0.1) is 0 Å². The summed E-state index contributed by atoms with van der Waals surface area (Å²) in [6.45, 7) is 3.65. The molecule has 0 heterocycles. The molecular formula is C16H31O10P. The van der Waals surface area contributed by atoms with Crippen molar-refractivity contribution >= 4 is 19.5 Å². The Morgan fingerprint density at radius 3 is 2.04 bits per heavy atom. The summed E-state index contributed by atoms with van der Waals surface area (Å²) >= 11 is 0.